The highest BCUT2D eigenvalue weighted by molar-refractivity contribution is 5.96. The zero-order valence-electron chi connectivity index (χ0n) is 11.1. The Morgan fingerprint density at radius 1 is 1.35 bits per heavy atom. The summed E-state index contributed by atoms with van der Waals surface area (Å²) in [5, 5.41) is 11.8. The van der Waals surface area contributed by atoms with Crippen LogP contribution in [0.5, 0.6) is 0 Å². The Balaban J connectivity index is 1.87. The smallest absolute Gasteiger partial charge is 0.251 e. The second-order valence-electron chi connectivity index (χ2n) is 4.55. The van der Waals surface area contributed by atoms with Crippen LogP contribution in [-0.4, -0.2) is 60.8 Å². The molecule has 6 heteroatoms. The molecule has 0 spiro atoms. The molecule has 1 aromatic rings. The van der Waals surface area contributed by atoms with Gasteiger partial charge in [0.2, 0.25) is 5.91 Å². The number of nitrogens with one attached hydrogen (secondary N) is 1. The van der Waals surface area contributed by atoms with E-state index in [1.165, 1.54) is 0 Å². The lowest BCUT2D eigenvalue weighted by Gasteiger charge is -2.34. The SMILES string of the molecule is O=C(NCC(=O)N1CCOCC1CO)c1ccccc1. The minimum atomic E-state index is -0.329. The Hall–Kier alpha value is -1.92. The van der Waals surface area contributed by atoms with Crippen molar-refractivity contribution in [1.82, 2.24) is 10.2 Å². The second kappa shape index (κ2) is 7.02. The second-order valence-corrected chi connectivity index (χ2v) is 4.55. The Morgan fingerprint density at radius 2 is 2.10 bits per heavy atom. The number of rotatable bonds is 4. The van der Waals surface area contributed by atoms with Crippen molar-refractivity contribution in [3.8, 4) is 0 Å². The molecule has 1 aliphatic heterocycles. The van der Waals surface area contributed by atoms with Gasteiger partial charge in [-0.2, -0.15) is 0 Å². The molecular weight excluding hydrogens is 260 g/mol. The van der Waals surface area contributed by atoms with Crippen LogP contribution in [0.2, 0.25) is 0 Å². The fourth-order valence-electron chi connectivity index (χ4n) is 2.08. The Bertz CT molecular complexity index is 464. The van der Waals surface area contributed by atoms with Crippen molar-refractivity contribution in [1.29, 1.82) is 0 Å². The van der Waals surface area contributed by atoms with Crippen molar-refractivity contribution in [3.63, 3.8) is 0 Å². The molecule has 1 atom stereocenters. The molecule has 0 radical (unpaired) electrons. The minimum absolute atomic E-state index is 0.0791. The number of nitrogens with zero attached hydrogens (tertiary/aromatic N) is 1. The molecule has 1 aliphatic rings. The highest BCUT2D eigenvalue weighted by Gasteiger charge is 2.26. The van der Waals surface area contributed by atoms with Crippen LogP contribution in [0, 0.1) is 0 Å². The van der Waals surface area contributed by atoms with Crippen LogP contribution >= 0.6 is 0 Å². The van der Waals surface area contributed by atoms with E-state index in [2.05, 4.69) is 5.32 Å². The molecule has 1 heterocycles. The number of amides is 2. The van der Waals surface area contributed by atoms with Gasteiger partial charge in [0.25, 0.3) is 5.91 Å². The number of morpholine rings is 1. The molecule has 2 N–H and O–H groups in total. The molecular formula is C14H18N2O4. The molecule has 0 saturated carbocycles. The topological polar surface area (TPSA) is 78.9 Å². The van der Waals surface area contributed by atoms with Crippen LogP contribution in [0.3, 0.4) is 0 Å². The van der Waals surface area contributed by atoms with E-state index in [-0.39, 0.29) is 31.0 Å². The summed E-state index contributed by atoms with van der Waals surface area (Å²) in [4.78, 5) is 25.4. The van der Waals surface area contributed by atoms with Crippen molar-refractivity contribution in [2.45, 2.75) is 6.04 Å². The molecule has 1 unspecified atom stereocenters. The standard InChI is InChI=1S/C14H18N2O4/c17-9-12-10-20-7-6-16(12)13(18)8-15-14(19)11-4-2-1-3-5-11/h1-5,12,17H,6-10H2,(H,15,19). The predicted molar refractivity (Wildman–Crippen MR) is 72.2 cm³/mol. The van der Waals surface area contributed by atoms with E-state index >= 15 is 0 Å². The quantitative estimate of drug-likeness (QED) is 0.788. The van der Waals surface area contributed by atoms with Gasteiger partial charge in [0.15, 0.2) is 0 Å². The van der Waals surface area contributed by atoms with Gasteiger partial charge < -0.3 is 20.1 Å². The first-order valence-corrected chi connectivity index (χ1v) is 6.53. The molecule has 20 heavy (non-hydrogen) atoms. The summed E-state index contributed by atoms with van der Waals surface area (Å²) < 4.78 is 5.21. The maximum atomic E-state index is 12.0. The van der Waals surface area contributed by atoms with Crippen LogP contribution in [0.1, 0.15) is 10.4 Å². The monoisotopic (exact) mass is 278 g/mol. The first kappa shape index (κ1) is 14.5. The summed E-state index contributed by atoms with van der Waals surface area (Å²) in [7, 11) is 0. The fourth-order valence-corrected chi connectivity index (χ4v) is 2.08. The van der Waals surface area contributed by atoms with Gasteiger partial charge in [-0.3, -0.25) is 9.59 Å². The Labute approximate surface area is 117 Å². The van der Waals surface area contributed by atoms with Crippen LogP contribution in [0.4, 0.5) is 0 Å². The number of benzene rings is 1. The Morgan fingerprint density at radius 3 is 2.80 bits per heavy atom. The van der Waals surface area contributed by atoms with Gasteiger partial charge in [-0.25, -0.2) is 0 Å². The summed E-state index contributed by atoms with van der Waals surface area (Å²) in [6.07, 6.45) is 0. The first-order chi connectivity index (χ1) is 9.72. The molecule has 0 aliphatic carbocycles. The summed E-state index contributed by atoms with van der Waals surface area (Å²) in [6, 6.07) is 8.39. The van der Waals surface area contributed by atoms with Crippen LogP contribution in [0.25, 0.3) is 0 Å². The van der Waals surface area contributed by atoms with Crippen molar-refractivity contribution in [2.24, 2.45) is 0 Å². The largest absolute Gasteiger partial charge is 0.394 e. The van der Waals surface area contributed by atoms with Crippen LogP contribution in [0.15, 0.2) is 30.3 Å². The Kier molecular flexibility index (Phi) is 5.09. The number of aliphatic hydroxyl groups excluding tert-OH is 1. The van der Waals surface area contributed by atoms with Crippen molar-refractivity contribution in [2.75, 3.05) is 32.9 Å². The molecule has 0 bridgehead atoms. The molecule has 2 rings (SSSR count). The van der Waals surface area contributed by atoms with E-state index in [9.17, 15) is 14.7 Å². The van der Waals surface area contributed by atoms with Gasteiger partial charge in [-0.15, -0.1) is 0 Å². The maximum Gasteiger partial charge on any atom is 0.251 e. The van der Waals surface area contributed by atoms with E-state index in [4.69, 9.17) is 4.74 Å². The number of ether oxygens (including phenoxy) is 1. The number of hydrogen-bond donors (Lipinski definition) is 2. The van der Waals surface area contributed by atoms with E-state index < -0.39 is 0 Å². The third-order valence-corrected chi connectivity index (χ3v) is 3.19. The van der Waals surface area contributed by atoms with Crippen molar-refractivity contribution >= 4 is 11.8 Å². The van der Waals surface area contributed by atoms with Crippen molar-refractivity contribution < 1.29 is 19.4 Å². The van der Waals surface area contributed by atoms with Gasteiger partial charge in [0, 0.05) is 12.1 Å². The average Bonchev–Trinajstić information content (AvgIpc) is 2.53. The van der Waals surface area contributed by atoms with Gasteiger partial charge in [-0.05, 0) is 12.1 Å². The zero-order valence-corrected chi connectivity index (χ0v) is 11.1. The molecule has 1 fully saturated rings. The number of carbonyl (C=O) groups excluding carboxylic acids is 2. The molecule has 1 saturated heterocycles. The summed E-state index contributed by atoms with van der Waals surface area (Å²) in [5.41, 5.74) is 0.515. The molecule has 1 aromatic carbocycles. The highest BCUT2D eigenvalue weighted by atomic mass is 16.5. The predicted octanol–water partition coefficient (Wildman–Crippen LogP) is -0.364. The lowest BCUT2D eigenvalue weighted by Crippen LogP contribution is -2.53. The van der Waals surface area contributed by atoms with E-state index in [0.717, 1.165) is 0 Å². The molecule has 0 aromatic heterocycles. The lowest BCUT2D eigenvalue weighted by atomic mass is 10.2. The third kappa shape index (κ3) is 3.55. The van der Waals surface area contributed by atoms with Crippen LogP contribution in [-0.2, 0) is 9.53 Å². The van der Waals surface area contributed by atoms with Gasteiger partial charge in [-0.1, -0.05) is 18.2 Å². The summed E-state index contributed by atoms with van der Waals surface area (Å²) in [5.74, 6) is -0.496. The number of hydrogen-bond acceptors (Lipinski definition) is 4. The van der Waals surface area contributed by atoms with Crippen molar-refractivity contribution in [3.05, 3.63) is 35.9 Å². The summed E-state index contributed by atoms with van der Waals surface area (Å²) >= 11 is 0. The zero-order chi connectivity index (χ0) is 14.4. The first-order valence-electron chi connectivity index (χ1n) is 6.53. The molecule has 2 amide bonds. The number of aliphatic hydroxyl groups is 1. The number of carbonyl (C=O) groups is 2. The van der Waals surface area contributed by atoms with E-state index in [0.29, 0.717) is 25.3 Å². The summed E-state index contributed by atoms with van der Waals surface area (Å²) in [6.45, 7) is 0.998. The van der Waals surface area contributed by atoms with Gasteiger partial charge in [0.05, 0.1) is 32.4 Å². The molecule has 6 nitrogen and oxygen atoms in total. The normalized spacial score (nSPS) is 18.6. The lowest BCUT2D eigenvalue weighted by molar-refractivity contribution is -0.140. The van der Waals surface area contributed by atoms with E-state index in [1.54, 1.807) is 29.2 Å². The molecule has 108 valence electrons. The average molecular weight is 278 g/mol. The third-order valence-electron chi connectivity index (χ3n) is 3.19. The minimum Gasteiger partial charge on any atom is -0.394 e. The highest BCUT2D eigenvalue weighted by Crippen LogP contribution is 2.06. The maximum absolute atomic E-state index is 12.0. The van der Waals surface area contributed by atoms with E-state index in [1.807, 2.05) is 6.07 Å². The van der Waals surface area contributed by atoms with Gasteiger partial charge >= 0.3 is 0 Å². The van der Waals surface area contributed by atoms with Crippen LogP contribution < -0.4 is 5.32 Å². The van der Waals surface area contributed by atoms with Gasteiger partial charge in [0.1, 0.15) is 0 Å². The fraction of sp³-hybridized carbons (Fsp3) is 0.429.